The van der Waals surface area contributed by atoms with Crippen LogP contribution in [-0.2, 0) is 4.74 Å². The smallest absolute Gasteiger partial charge is 0.338 e. The Hall–Kier alpha value is -1.69. The number of rotatable bonds is 5. The average Bonchev–Trinajstić information content (AvgIpc) is 2.87. The molecule has 4 nitrogen and oxygen atoms in total. The van der Waals surface area contributed by atoms with Gasteiger partial charge in [-0.1, -0.05) is 0 Å². The highest BCUT2D eigenvalue weighted by molar-refractivity contribution is 5.88. The van der Waals surface area contributed by atoms with E-state index in [1.54, 1.807) is 0 Å². The minimum atomic E-state index is -1.48. The molecule has 0 spiro atoms. The van der Waals surface area contributed by atoms with Crippen LogP contribution in [0.5, 0.6) is 0 Å². The zero-order valence-electron chi connectivity index (χ0n) is 10.3. The third-order valence-electron chi connectivity index (χ3n) is 3.20. The highest BCUT2D eigenvalue weighted by Crippen LogP contribution is 2.22. The molecule has 1 unspecified atom stereocenters. The Balaban J connectivity index is 1.96. The molecule has 2 rings (SSSR count). The van der Waals surface area contributed by atoms with Crippen LogP contribution in [0.15, 0.2) is 12.1 Å². The van der Waals surface area contributed by atoms with Crippen molar-refractivity contribution in [1.29, 1.82) is 0 Å². The second-order valence-corrected chi connectivity index (χ2v) is 4.54. The van der Waals surface area contributed by atoms with Crippen molar-refractivity contribution in [2.75, 3.05) is 25.1 Å². The molecule has 0 aromatic heterocycles. The van der Waals surface area contributed by atoms with Gasteiger partial charge in [0.2, 0.25) is 0 Å². The van der Waals surface area contributed by atoms with Crippen molar-refractivity contribution in [3.63, 3.8) is 0 Å². The maximum atomic E-state index is 13.6. The number of hydrogen-bond donors (Lipinski definition) is 2. The first-order chi connectivity index (χ1) is 9.09. The van der Waals surface area contributed by atoms with Gasteiger partial charge in [0, 0.05) is 19.8 Å². The number of anilines is 1. The van der Waals surface area contributed by atoms with Gasteiger partial charge in [0.1, 0.15) is 0 Å². The Kier molecular flexibility index (Phi) is 4.31. The summed E-state index contributed by atoms with van der Waals surface area (Å²) in [4.78, 5) is 10.6. The zero-order chi connectivity index (χ0) is 13.8. The van der Waals surface area contributed by atoms with Gasteiger partial charge in [0.05, 0.1) is 11.3 Å². The van der Waals surface area contributed by atoms with Crippen molar-refractivity contribution in [2.45, 2.75) is 12.8 Å². The highest BCUT2D eigenvalue weighted by atomic mass is 19.2. The number of ether oxygens (including phenoxy) is 1. The number of nitrogens with one attached hydrogen (secondary N) is 1. The number of halogens is 2. The van der Waals surface area contributed by atoms with E-state index in [4.69, 9.17) is 9.84 Å². The summed E-state index contributed by atoms with van der Waals surface area (Å²) >= 11 is 0. The molecule has 0 radical (unpaired) electrons. The van der Waals surface area contributed by atoms with Crippen LogP contribution in [0, 0.1) is 17.6 Å². The van der Waals surface area contributed by atoms with Crippen molar-refractivity contribution in [3.8, 4) is 0 Å². The Morgan fingerprint density at radius 2 is 2.21 bits per heavy atom. The molecule has 2 N–H and O–H groups in total. The van der Waals surface area contributed by atoms with Crippen molar-refractivity contribution in [1.82, 2.24) is 0 Å². The van der Waals surface area contributed by atoms with Gasteiger partial charge in [-0.25, -0.2) is 13.6 Å². The Bertz CT molecular complexity index is 473. The van der Waals surface area contributed by atoms with Crippen LogP contribution < -0.4 is 5.32 Å². The minimum Gasteiger partial charge on any atom is -0.478 e. The normalized spacial score (nSPS) is 18.5. The van der Waals surface area contributed by atoms with Gasteiger partial charge in [-0.2, -0.15) is 0 Å². The molecular formula is C13H15F2NO3. The SMILES string of the molecule is O=C(O)c1ccc(NCCC2CCOC2)c(F)c1F. The van der Waals surface area contributed by atoms with Gasteiger partial charge in [0.15, 0.2) is 11.6 Å². The van der Waals surface area contributed by atoms with E-state index < -0.39 is 23.2 Å². The molecule has 1 aliphatic rings. The molecule has 6 heteroatoms. The number of aromatic carboxylic acids is 1. The lowest BCUT2D eigenvalue weighted by Crippen LogP contribution is -2.11. The Morgan fingerprint density at radius 3 is 2.84 bits per heavy atom. The van der Waals surface area contributed by atoms with Gasteiger partial charge >= 0.3 is 5.97 Å². The first kappa shape index (κ1) is 13.7. The number of hydrogen-bond acceptors (Lipinski definition) is 3. The maximum Gasteiger partial charge on any atom is 0.338 e. The average molecular weight is 271 g/mol. The van der Waals surface area contributed by atoms with Crippen LogP contribution in [0.4, 0.5) is 14.5 Å². The van der Waals surface area contributed by atoms with Crippen LogP contribution in [0.1, 0.15) is 23.2 Å². The van der Waals surface area contributed by atoms with Crippen molar-refractivity contribution in [3.05, 3.63) is 29.3 Å². The van der Waals surface area contributed by atoms with Crippen LogP contribution >= 0.6 is 0 Å². The van der Waals surface area contributed by atoms with Crippen molar-refractivity contribution >= 4 is 11.7 Å². The number of carboxylic acid groups (broad SMARTS) is 1. The summed E-state index contributed by atoms with van der Waals surface area (Å²) in [5, 5.41) is 11.4. The summed E-state index contributed by atoms with van der Waals surface area (Å²) in [6, 6.07) is 2.30. The van der Waals surface area contributed by atoms with Crippen LogP contribution in [0.2, 0.25) is 0 Å². The molecule has 1 aromatic carbocycles. The molecule has 0 aliphatic carbocycles. The second-order valence-electron chi connectivity index (χ2n) is 4.54. The third kappa shape index (κ3) is 3.20. The lowest BCUT2D eigenvalue weighted by molar-refractivity contribution is 0.0690. The molecule has 1 heterocycles. The lowest BCUT2D eigenvalue weighted by atomic mass is 10.1. The van der Waals surface area contributed by atoms with Gasteiger partial charge < -0.3 is 15.2 Å². The molecule has 1 atom stereocenters. The fraction of sp³-hybridized carbons (Fsp3) is 0.462. The Morgan fingerprint density at radius 1 is 1.42 bits per heavy atom. The predicted octanol–water partition coefficient (Wildman–Crippen LogP) is 2.50. The summed E-state index contributed by atoms with van der Waals surface area (Å²) in [6.07, 6.45) is 1.79. The molecule has 1 fully saturated rings. The molecule has 0 bridgehead atoms. The fourth-order valence-corrected chi connectivity index (χ4v) is 2.07. The molecule has 1 aliphatic heterocycles. The molecule has 0 amide bonds. The van der Waals surface area contributed by atoms with E-state index in [1.165, 1.54) is 6.07 Å². The zero-order valence-corrected chi connectivity index (χ0v) is 10.3. The lowest BCUT2D eigenvalue weighted by Gasteiger charge is -2.11. The standard InChI is InChI=1S/C13H15F2NO3/c14-11-9(13(17)18)1-2-10(12(11)15)16-5-3-8-4-6-19-7-8/h1-2,8,16H,3-7H2,(H,17,18). The summed E-state index contributed by atoms with van der Waals surface area (Å²) in [5.74, 6) is -3.52. The van der Waals surface area contributed by atoms with Crippen LogP contribution in [-0.4, -0.2) is 30.8 Å². The summed E-state index contributed by atoms with van der Waals surface area (Å²) in [7, 11) is 0. The van der Waals surface area contributed by atoms with Gasteiger partial charge in [-0.15, -0.1) is 0 Å². The fourth-order valence-electron chi connectivity index (χ4n) is 2.07. The number of carbonyl (C=O) groups is 1. The number of benzene rings is 1. The summed E-state index contributed by atoms with van der Waals surface area (Å²) in [6.45, 7) is 1.95. The summed E-state index contributed by atoms with van der Waals surface area (Å²) < 4.78 is 32.2. The largest absolute Gasteiger partial charge is 0.478 e. The van der Waals surface area contributed by atoms with E-state index in [0.717, 1.165) is 25.5 Å². The monoisotopic (exact) mass is 271 g/mol. The predicted molar refractivity (Wildman–Crippen MR) is 65.4 cm³/mol. The molecule has 104 valence electrons. The summed E-state index contributed by atoms with van der Waals surface area (Å²) in [5.41, 5.74) is -0.673. The quantitative estimate of drug-likeness (QED) is 0.864. The van der Waals surface area contributed by atoms with Crippen molar-refractivity contribution < 1.29 is 23.4 Å². The third-order valence-corrected chi connectivity index (χ3v) is 3.20. The van der Waals surface area contributed by atoms with E-state index >= 15 is 0 Å². The van der Waals surface area contributed by atoms with Crippen LogP contribution in [0.25, 0.3) is 0 Å². The molecule has 0 saturated carbocycles. The van der Waals surface area contributed by atoms with E-state index in [2.05, 4.69) is 5.32 Å². The molecule has 1 saturated heterocycles. The molecule has 19 heavy (non-hydrogen) atoms. The van der Waals surface area contributed by atoms with E-state index in [0.29, 0.717) is 19.1 Å². The number of carboxylic acids is 1. The molecular weight excluding hydrogens is 256 g/mol. The molecule has 1 aromatic rings. The van der Waals surface area contributed by atoms with E-state index in [-0.39, 0.29) is 5.69 Å². The first-order valence-corrected chi connectivity index (χ1v) is 6.12. The minimum absolute atomic E-state index is 0.0126. The Labute approximate surface area is 109 Å². The van der Waals surface area contributed by atoms with Crippen LogP contribution in [0.3, 0.4) is 0 Å². The second kappa shape index (κ2) is 5.97. The highest BCUT2D eigenvalue weighted by Gasteiger charge is 2.19. The maximum absolute atomic E-state index is 13.6. The topological polar surface area (TPSA) is 58.6 Å². The van der Waals surface area contributed by atoms with Gasteiger partial charge in [-0.05, 0) is 30.9 Å². The first-order valence-electron chi connectivity index (χ1n) is 6.12. The van der Waals surface area contributed by atoms with Crippen molar-refractivity contribution in [2.24, 2.45) is 5.92 Å². The van der Waals surface area contributed by atoms with Gasteiger partial charge in [0.25, 0.3) is 0 Å². The van der Waals surface area contributed by atoms with E-state index in [1.807, 2.05) is 0 Å². The van der Waals surface area contributed by atoms with E-state index in [9.17, 15) is 13.6 Å². The van der Waals surface area contributed by atoms with Gasteiger partial charge in [-0.3, -0.25) is 0 Å².